The molecule has 0 aromatic carbocycles. The van der Waals surface area contributed by atoms with Crippen LogP contribution in [-0.4, -0.2) is 30.8 Å². The molecule has 0 fully saturated rings. The fraction of sp³-hybridized carbons (Fsp3) is 0.583. The van der Waals surface area contributed by atoms with E-state index in [2.05, 4.69) is 5.32 Å². The van der Waals surface area contributed by atoms with Crippen LogP contribution in [0.1, 0.15) is 42.6 Å². The van der Waals surface area contributed by atoms with E-state index in [1.807, 2.05) is 13.8 Å². The third-order valence-electron chi connectivity index (χ3n) is 2.38. The van der Waals surface area contributed by atoms with Crippen LogP contribution in [0, 0.1) is 0 Å². The summed E-state index contributed by atoms with van der Waals surface area (Å²) in [6.45, 7) is 6.17. The number of ether oxygens (including phenoxy) is 1. The van der Waals surface area contributed by atoms with E-state index in [0.29, 0.717) is 5.76 Å². The van der Waals surface area contributed by atoms with Crippen molar-refractivity contribution in [1.29, 1.82) is 0 Å². The highest BCUT2D eigenvalue weighted by molar-refractivity contribution is 5.84. The van der Waals surface area contributed by atoms with Crippen LogP contribution in [0.5, 0.6) is 0 Å². The van der Waals surface area contributed by atoms with Gasteiger partial charge in [-0.2, -0.15) is 0 Å². The molecule has 1 aromatic rings. The average molecular weight is 241 g/mol. The quantitative estimate of drug-likeness (QED) is 0.681. The Balaban J connectivity index is 2.31. The van der Waals surface area contributed by atoms with E-state index in [9.17, 15) is 4.79 Å². The molecule has 1 atom stereocenters. The molecule has 96 valence electrons. The Hall–Kier alpha value is -1.33. The molecule has 1 rings (SSSR count). The predicted molar refractivity (Wildman–Crippen MR) is 63.2 cm³/mol. The second kappa shape index (κ2) is 7.09. The maximum Gasteiger partial charge on any atom is 0.371 e. The summed E-state index contributed by atoms with van der Waals surface area (Å²) in [6, 6.07) is 3.16. The minimum Gasteiger partial charge on any atom is -0.475 e. The summed E-state index contributed by atoms with van der Waals surface area (Å²) in [5.74, 6) is -0.429. The van der Waals surface area contributed by atoms with Gasteiger partial charge < -0.3 is 19.6 Å². The molecule has 0 saturated carbocycles. The Morgan fingerprint density at radius 1 is 1.59 bits per heavy atom. The van der Waals surface area contributed by atoms with E-state index in [-0.39, 0.29) is 11.8 Å². The van der Waals surface area contributed by atoms with Gasteiger partial charge >= 0.3 is 5.97 Å². The topological polar surface area (TPSA) is 71.7 Å². The van der Waals surface area contributed by atoms with E-state index in [1.54, 1.807) is 6.07 Å². The van der Waals surface area contributed by atoms with Gasteiger partial charge in [0, 0.05) is 13.2 Å². The second-order valence-corrected chi connectivity index (χ2v) is 3.73. The van der Waals surface area contributed by atoms with Crippen LogP contribution in [0.4, 0.5) is 0 Å². The Morgan fingerprint density at radius 3 is 2.94 bits per heavy atom. The third-order valence-corrected chi connectivity index (χ3v) is 2.38. The van der Waals surface area contributed by atoms with Crippen LogP contribution < -0.4 is 5.32 Å². The first kappa shape index (κ1) is 13.7. The fourth-order valence-corrected chi connectivity index (χ4v) is 1.44. The summed E-state index contributed by atoms with van der Waals surface area (Å²) >= 11 is 0. The van der Waals surface area contributed by atoms with Crippen molar-refractivity contribution >= 4 is 5.97 Å². The molecule has 2 N–H and O–H groups in total. The first-order valence-corrected chi connectivity index (χ1v) is 5.79. The van der Waals surface area contributed by atoms with Crippen LogP contribution in [0.25, 0.3) is 0 Å². The monoisotopic (exact) mass is 241 g/mol. The molecule has 0 amide bonds. The van der Waals surface area contributed by atoms with E-state index < -0.39 is 5.97 Å². The molecule has 1 aromatic heterocycles. The fourth-order valence-electron chi connectivity index (χ4n) is 1.44. The molecular formula is C12H19NO4. The molecule has 5 heteroatoms. The number of nitrogens with one attached hydrogen (secondary N) is 1. The lowest BCUT2D eigenvalue weighted by Gasteiger charge is -2.10. The number of carboxylic acid groups (broad SMARTS) is 1. The summed E-state index contributed by atoms with van der Waals surface area (Å²) in [5, 5.41) is 12.0. The number of carbonyl (C=O) groups is 1. The van der Waals surface area contributed by atoms with Crippen molar-refractivity contribution < 1.29 is 19.1 Å². The van der Waals surface area contributed by atoms with Crippen LogP contribution >= 0.6 is 0 Å². The van der Waals surface area contributed by atoms with Gasteiger partial charge in [0.05, 0.1) is 6.04 Å². The number of hydrogen-bond donors (Lipinski definition) is 2. The van der Waals surface area contributed by atoms with Crippen LogP contribution in [0.3, 0.4) is 0 Å². The van der Waals surface area contributed by atoms with Crippen molar-refractivity contribution in [3.05, 3.63) is 23.7 Å². The lowest BCUT2D eigenvalue weighted by atomic mass is 10.2. The second-order valence-electron chi connectivity index (χ2n) is 3.73. The van der Waals surface area contributed by atoms with Gasteiger partial charge in [-0.15, -0.1) is 0 Å². The van der Waals surface area contributed by atoms with Crippen molar-refractivity contribution in [2.75, 3.05) is 19.8 Å². The third kappa shape index (κ3) is 4.58. The Labute approximate surface area is 101 Å². The Morgan fingerprint density at radius 2 is 2.35 bits per heavy atom. The van der Waals surface area contributed by atoms with Gasteiger partial charge in [0.25, 0.3) is 0 Å². The number of carboxylic acids is 1. The average Bonchev–Trinajstić information content (AvgIpc) is 2.78. The molecule has 17 heavy (non-hydrogen) atoms. The van der Waals surface area contributed by atoms with E-state index in [4.69, 9.17) is 14.3 Å². The summed E-state index contributed by atoms with van der Waals surface area (Å²) in [4.78, 5) is 10.6. The van der Waals surface area contributed by atoms with E-state index in [1.165, 1.54) is 6.07 Å². The van der Waals surface area contributed by atoms with Crippen molar-refractivity contribution in [3.63, 3.8) is 0 Å². The zero-order valence-corrected chi connectivity index (χ0v) is 10.2. The minimum absolute atomic E-state index is 0.00438. The first-order valence-electron chi connectivity index (χ1n) is 5.79. The van der Waals surface area contributed by atoms with E-state index in [0.717, 1.165) is 26.2 Å². The molecule has 0 aliphatic heterocycles. The highest BCUT2D eigenvalue weighted by atomic mass is 16.5. The van der Waals surface area contributed by atoms with E-state index >= 15 is 0 Å². The smallest absolute Gasteiger partial charge is 0.371 e. The zero-order chi connectivity index (χ0) is 12.7. The number of aromatic carboxylic acids is 1. The van der Waals surface area contributed by atoms with Crippen LogP contribution in [0.2, 0.25) is 0 Å². The minimum atomic E-state index is -1.04. The van der Waals surface area contributed by atoms with Gasteiger partial charge in [0.1, 0.15) is 5.76 Å². The lowest BCUT2D eigenvalue weighted by molar-refractivity contribution is 0.0659. The first-order chi connectivity index (χ1) is 8.15. The van der Waals surface area contributed by atoms with Gasteiger partial charge in [0.2, 0.25) is 5.76 Å². The van der Waals surface area contributed by atoms with Gasteiger partial charge in [-0.05, 0) is 38.9 Å². The summed E-state index contributed by atoms with van der Waals surface area (Å²) < 4.78 is 10.4. The summed E-state index contributed by atoms with van der Waals surface area (Å²) in [7, 11) is 0. The number of hydrogen-bond acceptors (Lipinski definition) is 4. The molecule has 0 radical (unpaired) electrons. The molecular weight excluding hydrogens is 222 g/mol. The molecule has 1 heterocycles. The van der Waals surface area contributed by atoms with Gasteiger partial charge in [0.15, 0.2) is 0 Å². The normalized spacial score (nSPS) is 12.6. The molecule has 0 aliphatic rings. The molecule has 5 nitrogen and oxygen atoms in total. The summed E-state index contributed by atoms with van der Waals surface area (Å²) in [6.07, 6.45) is 0.921. The Kier molecular flexibility index (Phi) is 5.72. The standard InChI is InChI=1S/C12H19NO4/c1-3-16-8-4-7-13-9(2)10-5-6-11(17-10)12(14)15/h5-6,9,13H,3-4,7-8H2,1-2H3,(H,14,15). The molecule has 0 bridgehead atoms. The number of furan rings is 1. The van der Waals surface area contributed by atoms with Gasteiger partial charge in [-0.3, -0.25) is 0 Å². The van der Waals surface area contributed by atoms with Crippen molar-refractivity contribution in [2.24, 2.45) is 0 Å². The maximum atomic E-state index is 10.6. The zero-order valence-electron chi connectivity index (χ0n) is 10.2. The van der Waals surface area contributed by atoms with Gasteiger partial charge in [-0.1, -0.05) is 0 Å². The van der Waals surface area contributed by atoms with Crippen LogP contribution in [-0.2, 0) is 4.74 Å². The predicted octanol–water partition coefficient (Wildman–Crippen LogP) is 2.06. The molecule has 0 saturated heterocycles. The summed E-state index contributed by atoms with van der Waals surface area (Å²) in [5.41, 5.74) is 0. The highest BCUT2D eigenvalue weighted by Gasteiger charge is 2.13. The van der Waals surface area contributed by atoms with Crippen molar-refractivity contribution in [3.8, 4) is 0 Å². The van der Waals surface area contributed by atoms with Crippen molar-refractivity contribution in [1.82, 2.24) is 5.32 Å². The number of rotatable bonds is 8. The molecule has 0 spiro atoms. The maximum absolute atomic E-state index is 10.6. The SMILES string of the molecule is CCOCCCNC(C)c1ccc(C(=O)O)o1. The van der Waals surface area contributed by atoms with Crippen molar-refractivity contribution in [2.45, 2.75) is 26.3 Å². The molecule has 0 aliphatic carbocycles. The van der Waals surface area contributed by atoms with Gasteiger partial charge in [-0.25, -0.2) is 4.79 Å². The molecule has 1 unspecified atom stereocenters. The highest BCUT2D eigenvalue weighted by Crippen LogP contribution is 2.16. The lowest BCUT2D eigenvalue weighted by Crippen LogP contribution is -2.20. The largest absolute Gasteiger partial charge is 0.475 e. The Bertz CT molecular complexity index is 348. The van der Waals surface area contributed by atoms with Crippen LogP contribution in [0.15, 0.2) is 16.5 Å².